The molecule has 0 fully saturated rings. The van der Waals surface area contributed by atoms with E-state index in [9.17, 15) is 4.79 Å². The van der Waals surface area contributed by atoms with E-state index in [2.05, 4.69) is 16.3 Å². The zero-order valence-electron chi connectivity index (χ0n) is 11.8. The van der Waals surface area contributed by atoms with Gasteiger partial charge in [-0.25, -0.2) is 0 Å². The third-order valence-electron chi connectivity index (χ3n) is 3.47. The smallest absolute Gasteiger partial charge is 0.280 e. The van der Waals surface area contributed by atoms with Gasteiger partial charge in [0.15, 0.2) is 0 Å². The van der Waals surface area contributed by atoms with E-state index in [-0.39, 0.29) is 5.56 Å². The van der Waals surface area contributed by atoms with Gasteiger partial charge < -0.3 is 0 Å². The quantitative estimate of drug-likeness (QED) is 0.715. The van der Waals surface area contributed by atoms with E-state index in [1.165, 1.54) is 5.56 Å². The first-order chi connectivity index (χ1) is 9.61. The lowest BCUT2D eigenvalue weighted by Gasteiger charge is -2.10. The van der Waals surface area contributed by atoms with Crippen LogP contribution in [-0.2, 0) is 6.42 Å². The first-order valence-electron chi connectivity index (χ1n) is 6.64. The lowest BCUT2D eigenvalue weighted by molar-refractivity contribution is 0.888. The summed E-state index contributed by atoms with van der Waals surface area (Å²) in [6, 6.07) is 6.02. The average molecular weight is 268 g/mol. The predicted molar refractivity (Wildman–Crippen MR) is 77.4 cm³/mol. The van der Waals surface area contributed by atoms with Crippen LogP contribution in [-0.4, -0.2) is 19.2 Å². The van der Waals surface area contributed by atoms with Crippen molar-refractivity contribution in [2.45, 2.75) is 27.2 Å². The zero-order valence-corrected chi connectivity index (χ0v) is 11.8. The molecule has 2 heterocycles. The summed E-state index contributed by atoms with van der Waals surface area (Å²) in [5, 5.41) is 8.05. The second kappa shape index (κ2) is 4.59. The van der Waals surface area contributed by atoms with Gasteiger partial charge in [-0.2, -0.15) is 0 Å². The van der Waals surface area contributed by atoms with Gasteiger partial charge in [-0.05, 0) is 25.5 Å². The Bertz CT molecular complexity index is 845. The Morgan fingerprint density at radius 3 is 2.65 bits per heavy atom. The molecule has 3 rings (SSSR count). The molecule has 0 aliphatic carbocycles. The summed E-state index contributed by atoms with van der Waals surface area (Å²) in [6.07, 6.45) is 4.36. The molecule has 3 aromatic rings. The van der Waals surface area contributed by atoms with Gasteiger partial charge >= 0.3 is 5.56 Å². The molecule has 0 saturated carbocycles. The van der Waals surface area contributed by atoms with Gasteiger partial charge in [-0.1, -0.05) is 24.6 Å². The van der Waals surface area contributed by atoms with Crippen molar-refractivity contribution in [3.8, 4) is 5.69 Å². The summed E-state index contributed by atoms with van der Waals surface area (Å²) in [5.41, 5.74) is 3.34. The van der Waals surface area contributed by atoms with Crippen molar-refractivity contribution in [1.82, 2.24) is 19.2 Å². The van der Waals surface area contributed by atoms with Crippen LogP contribution in [0.5, 0.6) is 0 Å². The Morgan fingerprint density at radius 2 is 1.95 bits per heavy atom. The fourth-order valence-corrected chi connectivity index (χ4v) is 2.44. The summed E-state index contributed by atoms with van der Waals surface area (Å²) in [6.45, 7) is 6.03. The number of benzene rings is 1. The molecule has 20 heavy (non-hydrogen) atoms. The van der Waals surface area contributed by atoms with Crippen LogP contribution in [0.4, 0.5) is 0 Å². The topological polar surface area (TPSA) is 52.2 Å². The number of aryl methyl sites for hydroxylation is 3. The molecular formula is C15H16N4O. The molecule has 0 amide bonds. The molecule has 0 bridgehead atoms. The van der Waals surface area contributed by atoms with Gasteiger partial charge in [0.1, 0.15) is 5.82 Å². The van der Waals surface area contributed by atoms with Gasteiger partial charge in [0.25, 0.3) is 0 Å². The third-order valence-corrected chi connectivity index (χ3v) is 3.47. The Kier molecular flexibility index (Phi) is 2.89. The minimum absolute atomic E-state index is 0.147. The highest BCUT2D eigenvalue weighted by molar-refractivity contribution is 5.46. The van der Waals surface area contributed by atoms with E-state index in [4.69, 9.17) is 0 Å². The third kappa shape index (κ3) is 1.82. The Balaban J connectivity index is 2.27. The summed E-state index contributed by atoms with van der Waals surface area (Å²) < 4.78 is 3.38. The Morgan fingerprint density at radius 1 is 1.15 bits per heavy atom. The fourth-order valence-electron chi connectivity index (χ4n) is 2.44. The lowest BCUT2D eigenvalue weighted by Crippen LogP contribution is -2.21. The highest BCUT2D eigenvalue weighted by Crippen LogP contribution is 2.14. The molecule has 1 aromatic carbocycles. The van der Waals surface area contributed by atoms with Crippen LogP contribution in [0.1, 0.15) is 23.9 Å². The fraction of sp³-hybridized carbons (Fsp3) is 0.267. The number of aromatic nitrogens is 4. The van der Waals surface area contributed by atoms with E-state index in [1.54, 1.807) is 15.2 Å². The molecule has 0 unspecified atom stereocenters. The molecule has 0 aliphatic rings. The summed E-state index contributed by atoms with van der Waals surface area (Å²) >= 11 is 0. The van der Waals surface area contributed by atoms with E-state index in [0.717, 1.165) is 23.5 Å². The normalized spacial score (nSPS) is 11.2. The minimum atomic E-state index is -0.147. The molecule has 0 atom stereocenters. The van der Waals surface area contributed by atoms with E-state index in [0.29, 0.717) is 5.65 Å². The maximum absolute atomic E-state index is 12.5. The highest BCUT2D eigenvalue weighted by atomic mass is 16.1. The van der Waals surface area contributed by atoms with Crippen LogP contribution in [0.15, 0.2) is 35.4 Å². The number of rotatable bonds is 2. The Hall–Kier alpha value is -2.43. The van der Waals surface area contributed by atoms with Crippen molar-refractivity contribution in [2.75, 3.05) is 0 Å². The largest absolute Gasteiger partial charge is 0.300 e. The minimum Gasteiger partial charge on any atom is -0.280 e. The standard InChI is InChI=1S/C15H16N4O/c1-4-13-16-17-14-15(20)18(7-8-19(13)14)12-6-5-10(2)9-11(12)3/h5-9H,4H2,1-3H3. The second-order valence-electron chi connectivity index (χ2n) is 4.93. The van der Waals surface area contributed by atoms with Gasteiger partial charge in [0.2, 0.25) is 5.65 Å². The lowest BCUT2D eigenvalue weighted by atomic mass is 10.1. The maximum atomic E-state index is 12.5. The molecule has 5 heteroatoms. The SMILES string of the molecule is CCc1nnc2c(=O)n(-c3ccc(C)cc3C)ccn12. The number of hydrogen-bond acceptors (Lipinski definition) is 3. The second-order valence-corrected chi connectivity index (χ2v) is 4.93. The van der Waals surface area contributed by atoms with Crippen LogP contribution in [0, 0.1) is 13.8 Å². The van der Waals surface area contributed by atoms with Crippen molar-refractivity contribution < 1.29 is 0 Å². The average Bonchev–Trinajstić information content (AvgIpc) is 2.84. The zero-order chi connectivity index (χ0) is 14.3. The molecule has 0 spiro atoms. The predicted octanol–water partition coefficient (Wildman–Crippen LogP) is 2.06. The van der Waals surface area contributed by atoms with Crippen molar-refractivity contribution in [2.24, 2.45) is 0 Å². The molecular weight excluding hydrogens is 252 g/mol. The van der Waals surface area contributed by atoms with E-state index in [1.807, 2.05) is 39.1 Å². The first kappa shape index (κ1) is 12.6. The van der Waals surface area contributed by atoms with E-state index >= 15 is 0 Å². The highest BCUT2D eigenvalue weighted by Gasteiger charge is 2.11. The van der Waals surface area contributed by atoms with Gasteiger partial charge in [0.05, 0.1) is 5.69 Å². The summed E-state index contributed by atoms with van der Waals surface area (Å²) in [4.78, 5) is 12.5. The van der Waals surface area contributed by atoms with Crippen LogP contribution in [0.25, 0.3) is 11.3 Å². The van der Waals surface area contributed by atoms with Crippen LogP contribution in [0.3, 0.4) is 0 Å². The van der Waals surface area contributed by atoms with Gasteiger partial charge in [-0.3, -0.25) is 13.8 Å². The van der Waals surface area contributed by atoms with Crippen molar-refractivity contribution in [3.05, 3.63) is 57.9 Å². The van der Waals surface area contributed by atoms with Crippen molar-refractivity contribution in [3.63, 3.8) is 0 Å². The number of nitrogens with zero attached hydrogens (tertiary/aromatic N) is 4. The molecule has 0 N–H and O–H groups in total. The maximum Gasteiger partial charge on any atom is 0.300 e. The van der Waals surface area contributed by atoms with Gasteiger partial charge in [-0.15, -0.1) is 10.2 Å². The summed E-state index contributed by atoms with van der Waals surface area (Å²) in [5.74, 6) is 0.796. The molecule has 2 aromatic heterocycles. The van der Waals surface area contributed by atoms with Gasteiger partial charge in [0, 0.05) is 18.8 Å². The van der Waals surface area contributed by atoms with Crippen molar-refractivity contribution in [1.29, 1.82) is 0 Å². The number of fused-ring (bicyclic) bond motifs is 1. The van der Waals surface area contributed by atoms with Crippen molar-refractivity contribution >= 4 is 5.65 Å². The van der Waals surface area contributed by atoms with E-state index < -0.39 is 0 Å². The van der Waals surface area contributed by atoms with Crippen LogP contribution < -0.4 is 5.56 Å². The molecule has 0 saturated heterocycles. The first-order valence-corrected chi connectivity index (χ1v) is 6.64. The molecule has 0 radical (unpaired) electrons. The summed E-state index contributed by atoms with van der Waals surface area (Å²) in [7, 11) is 0. The molecule has 102 valence electrons. The Labute approximate surface area is 116 Å². The van der Waals surface area contributed by atoms with Crippen LogP contribution in [0.2, 0.25) is 0 Å². The monoisotopic (exact) mass is 268 g/mol. The van der Waals surface area contributed by atoms with Crippen LogP contribution >= 0.6 is 0 Å². The molecule has 5 nitrogen and oxygen atoms in total. The molecule has 0 aliphatic heterocycles. The number of hydrogen-bond donors (Lipinski definition) is 0.